The highest BCUT2D eigenvalue weighted by Crippen LogP contribution is 2.26. The van der Waals surface area contributed by atoms with E-state index in [-0.39, 0.29) is 11.8 Å². The molecule has 0 aliphatic heterocycles. The maximum absolute atomic E-state index is 10.8. The Morgan fingerprint density at radius 1 is 0.412 bits per heavy atom. The molecule has 0 heterocycles. The molecule has 34 heavy (non-hydrogen) atoms. The third kappa shape index (κ3) is 6.62. The van der Waals surface area contributed by atoms with E-state index in [1.54, 1.807) is 0 Å². The van der Waals surface area contributed by atoms with Gasteiger partial charge in [0.2, 0.25) is 0 Å². The lowest BCUT2D eigenvalue weighted by Gasteiger charge is -2.27. The van der Waals surface area contributed by atoms with Crippen molar-refractivity contribution in [1.29, 1.82) is 0 Å². The van der Waals surface area contributed by atoms with E-state index in [1.165, 1.54) is 10.1 Å². The minimum Gasteiger partial charge on any atom is -0.314 e. The summed E-state index contributed by atoms with van der Waals surface area (Å²) in [5.74, 6) is 0.0851. The Morgan fingerprint density at radius 3 is 0.882 bits per heavy atom. The van der Waals surface area contributed by atoms with Crippen LogP contribution < -0.4 is 0 Å². The molecular weight excluding hydrogens is 420 g/mol. The highest BCUT2D eigenvalue weighted by molar-refractivity contribution is 5.33. The summed E-state index contributed by atoms with van der Waals surface area (Å²) >= 11 is 0. The fraction of sp³-hybridized carbons (Fsp3) is 0.200. The van der Waals surface area contributed by atoms with E-state index in [0.29, 0.717) is 26.2 Å². The molecule has 0 radical (unpaired) electrons. The first-order valence-electron chi connectivity index (χ1n) is 11.8. The monoisotopic (exact) mass is 452 g/mol. The highest BCUT2D eigenvalue weighted by Gasteiger charge is 2.20. The minimum atomic E-state index is 0.0425. The van der Waals surface area contributed by atoms with Crippen molar-refractivity contribution in [2.24, 2.45) is 0 Å². The number of hydrogen-bond donors (Lipinski definition) is 2. The van der Waals surface area contributed by atoms with E-state index in [1.807, 2.05) is 72.8 Å². The zero-order chi connectivity index (χ0) is 23.6. The van der Waals surface area contributed by atoms with Crippen molar-refractivity contribution >= 4 is 0 Å². The quantitative estimate of drug-likeness (QED) is 0.273. The average Bonchev–Trinajstić information content (AvgIpc) is 2.91. The maximum Gasteiger partial charge on any atom is 0.0389 e. The van der Waals surface area contributed by atoms with Crippen LogP contribution in [0.15, 0.2) is 121 Å². The zero-order valence-electron chi connectivity index (χ0n) is 19.3. The van der Waals surface area contributed by atoms with Gasteiger partial charge in [-0.2, -0.15) is 10.1 Å². The largest absolute Gasteiger partial charge is 0.314 e. The number of hydrogen-bond acceptors (Lipinski definition) is 4. The Morgan fingerprint density at radius 2 is 0.647 bits per heavy atom. The lowest BCUT2D eigenvalue weighted by molar-refractivity contribution is -0.139. The van der Waals surface area contributed by atoms with Crippen LogP contribution in [-0.4, -0.2) is 46.7 Å². The molecule has 2 N–H and O–H groups in total. The molecule has 0 aliphatic rings. The van der Waals surface area contributed by atoms with Gasteiger partial charge in [-0.05, 0) is 22.3 Å². The number of benzene rings is 4. The Kier molecular flexibility index (Phi) is 8.60. The van der Waals surface area contributed by atoms with E-state index >= 15 is 0 Å². The van der Waals surface area contributed by atoms with Gasteiger partial charge in [0, 0.05) is 38.0 Å². The topological polar surface area (TPSA) is 46.9 Å². The molecule has 0 saturated carbocycles. The van der Waals surface area contributed by atoms with E-state index in [9.17, 15) is 10.4 Å². The maximum atomic E-state index is 10.8. The van der Waals surface area contributed by atoms with Gasteiger partial charge in [0.15, 0.2) is 0 Å². The Labute approximate surface area is 202 Å². The molecule has 0 amide bonds. The molecular formula is C30H32N2O2. The Hall–Kier alpha value is -3.28. The molecule has 0 aliphatic carbocycles. The minimum absolute atomic E-state index is 0.0425. The fourth-order valence-electron chi connectivity index (χ4n) is 4.38. The van der Waals surface area contributed by atoms with Gasteiger partial charge >= 0.3 is 0 Å². The summed E-state index contributed by atoms with van der Waals surface area (Å²) in [6.45, 7) is 1.57. The van der Waals surface area contributed by atoms with Gasteiger partial charge in [-0.15, -0.1) is 0 Å². The molecule has 4 nitrogen and oxygen atoms in total. The number of rotatable bonds is 11. The summed E-state index contributed by atoms with van der Waals surface area (Å²) < 4.78 is 0. The van der Waals surface area contributed by atoms with Gasteiger partial charge in [-0.25, -0.2) is 0 Å². The number of nitrogens with zero attached hydrogens (tertiary/aromatic N) is 2. The third-order valence-corrected chi connectivity index (χ3v) is 6.21. The van der Waals surface area contributed by atoms with Gasteiger partial charge in [-0.3, -0.25) is 0 Å². The lowest BCUT2D eigenvalue weighted by Crippen LogP contribution is -2.36. The van der Waals surface area contributed by atoms with Crippen molar-refractivity contribution < 1.29 is 10.4 Å². The summed E-state index contributed by atoms with van der Waals surface area (Å²) in [5.41, 5.74) is 4.62. The summed E-state index contributed by atoms with van der Waals surface area (Å²) in [6, 6.07) is 40.9. The first kappa shape index (κ1) is 23.9. The van der Waals surface area contributed by atoms with Crippen molar-refractivity contribution in [3.63, 3.8) is 0 Å². The SMILES string of the molecule is ON(CCN(O)CC(c1ccccc1)c1ccccc1)CC(c1ccccc1)c1ccccc1. The predicted octanol–water partition coefficient (Wildman–Crippen LogP) is 6.03. The summed E-state index contributed by atoms with van der Waals surface area (Å²) in [4.78, 5) is 0. The Balaban J connectivity index is 1.40. The fourth-order valence-corrected chi connectivity index (χ4v) is 4.38. The molecule has 4 aromatic carbocycles. The second-order valence-corrected chi connectivity index (χ2v) is 8.57. The molecule has 0 unspecified atom stereocenters. The molecule has 4 aromatic rings. The van der Waals surface area contributed by atoms with E-state index in [2.05, 4.69) is 48.5 Å². The third-order valence-electron chi connectivity index (χ3n) is 6.21. The molecule has 0 spiro atoms. The zero-order valence-corrected chi connectivity index (χ0v) is 19.3. The van der Waals surface area contributed by atoms with Gasteiger partial charge < -0.3 is 10.4 Å². The molecule has 4 heteroatoms. The van der Waals surface area contributed by atoms with Crippen LogP contribution in [0.2, 0.25) is 0 Å². The van der Waals surface area contributed by atoms with Gasteiger partial charge in [0.25, 0.3) is 0 Å². The normalized spacial score (nSPS) is 11.6. The predicted molar refractivity (Wildman–Crippen MR) is 136 cm³/mol. The molecule has 0 fully saturated rings. The van der Waals surface area contributed by atoms with Crippen LogP contribution in [0.3, 0.4) is 0 Å². The summed E-state index contributed by atoms with van der Waals surface area (Å²) in [5, 5.41) is 24.1. The van der Waals surface area contributed by atoms with E-state index in [0.717, 1.165) is 22.3 Å². The number of hydroxylamine groups is 4. The van der Waals surface area contributed by atoms with Gasteiger partial charge in [-0.1, -0.05) is 121 Å². The smallest absolute Gasteiger partial charge is 0.0389 e. The average molecular weight is 453 g/mol. The van der Waals surface area contributed by atoms with Gasteiger partial charge in [0.1, 0.15) is 0 Å². The first-order chi connectivity index (χ1) is 16.7. The van der Waals surface area contributed by atoms with Crippen molar-refractivity contribution in [2.75, 3.05) is 26.2 Å². The summed E-state index contributed by atoms with van der Waals surface area (Å²) in [7, 11) is 0. The second kappa shape index (κ2) is 12.3. The van der Waals surface area contributed by atoms with E-state index < -0.39 is 0 Å². The Bertz CT molecular complexity index is 922. The standard InChI is InChI=1S/C30H32N2O2/c33-31(23-29(25-13-5-1-6-14-25)26-15-7-2-8-16-26)21-22-32(34)24-30(27-17-9-3-10-18-27)28-19-11-4-12-20-28/h1-20,29-30,33-34H,21-24H2. The van der Waals surface area contributed by atoms with Crippen LogP contribution in [0.4, 0.5) is 0 Å². The van der Waals surface area contributed by atoms with Crippen molar-refractivity contribution in [1.82, 2.24) is 10.1 Å². The van der Waals surface area contributed by atoms with Crippen LogP contribution in [0.5, 0.6) is 0 Å². The lowest BCUT2D eigenvalue weighted by atomic mass is 9.91. The second-order valence-electron chi connectivity index (χ2n) is 8.57. The van der Waals surface area contributed by atoms with Crippen LogP contribution in [0.1, 0.15) is 34.1 Å². The van der Waals surface area contributed by atoms with E-state index in [4.69, 9.17) is 0 Å². The van der Waals surface area contributed by atoms with Crippen molar-refractivity contribution in [3.8, 4) is 0 Å². The molecule has 0 bridgehead atoms. The van der Waals surface area contributed by atoms with Crippen molar-refractivity contribution in [2.45, 2.75) is 11.8 Å². The molecule has 4 rings (SSSR count). The molecule has 174 valence electrons. The molecule has 0 atom stereocenters. The van der Waals surface area contributed by atoms with Crippen molar-refractivity contribution in [3.05, 3.63) is 144 Å². The molecule has 0 aromatic heterocycles. The van der Waals surface area contributed by atoms with Crippen LogP contribution in [-0.2, 0) is 0 Å². The van der Waals surface area contributed by atoms with Gasteiger partial charge in [0.05, 0.1) is 0 Å². The summed E-state index contributed by atoms with van der Waals surface area (Å²) in [6.07, 6.45) is 0. The van der Waals surface area contributed by atoms with Crippen LogP contribution in [0, 0.1) is 0 Å². The van der Waals surface area contributed by atoms with Crippen LogP contribution in [0.25, 0.3) is 0 Å². The first-order valence-corrected chi connectivity index (χ1v) is 11.8. The molecule has 0 saturated heterocycles. The highest BCUT2D eigenvalue weighted by atomic mass is 16.5. The van der Waals surface area contributed by atoms with Crippen LogP contribution >= 0.6 is 0 Å².